The molecule has 0 radical (unpaired) electrons. The van der Waals surface area contributed by atoms with E-state index >= 15 is 0 Å². The third-order valence-corrected chi connectivity index (χ3v) is 6.39. The summed E-state index contributed by atoms with van der Waals surface area (Å²) in [7, 11) is 4.33. The van der Waals surface area contributed by atoms with Gasteiger partial charge in [-0.3, -0.25) is 4.79 Å². The Morgan fingerprint density at radius 3 is 2.16 bits per heavy atom. The molecular weight excluding hydrogens is 445 g/mol. The minimum atomic E-state index is -0.0837. The van der Waals surface area contributed by atoms with Crippen molar-refractivity contribution in [2.24, 2.45) is 0 Å². The second-order valence-electron chi connectivity index (χ2n) is 8.42. The maximum absolute atomic E-state index is 12.6. The van der Waals surface area contributed by atoms with Crippen LogP contribution in [-0.2, 0) is 0 Å². The molecule has 6 nitrogen and oxygen atoms in total. The van der Waals surface area contributed by atoms with Crippen molar-refractivity contribution in [3.63, 3.8) is 0 Å². The summed E-state index contributed by atoms with van der Waals surface area (Å²) in [5.74, 6) is 0. The van der Waals surface area contributed by atoms with Gasteiger partial charge in [-0.2, -0.15) is 5.10 Å². The van der Waals surface area contributed by atoms with Crippen molar-refractivity contribution < 1.29 is 0 Å². The molecule has 2 aromatic carbocycles. The summed E-state index contributed by atoms with van der Waals surface area (Å²) in [5.41, 5.74) is 3.76. The number of piperidine rings is 1. The number of nitrogens with one attached hydrogen (secondary N) is 1. The van der Waals surface area contributed by atoms with Crippen LogP contribution in [0.4, 0.5) is 5.69 Å². The van der Waals surface area contributed by atoms with Gasteiger partial charge in [-0.15, -0.1) is 24.8 Å². The average Bonchev–Trinajstić information content (AvgIpc) is 3.10. The number of pyridine rings is 1. The molecule has 0 bridgehead atoms. The maximum Gasteiger partial charge on any atom is 0.257 e. The van der Waals surface area contributed by atoms with E-state index in [0.717, 1.165) is 40.9 Å². The SMILES string of the molecule is Cc1nn(-c2ccc(N3CCC(N(C)C)CC3)cc2)c2[nH]c(=O)c3ccccc3c12.Cl.Cl. The Hall–Kier alpha value is -2.54. The van der Waals surface area contributed by atoms with Gasteiger partial charge >= 0.3 is 0 Å². The lowest BCUT2D eigenvalue weighted by molar-refractivity contribution is 0.249. The first-order chi connectivity index (χ1) is 14.5. The topological polar surface area (TPSA) is 57.2 Å². The summed E-state index contributed by atoms with van der Waals surface area (Å²) in [6.45, 7) is 4.14. The summed E-state index contributed by atoms with van der Waals surface area (Å²) in [5, 5.41) is 7.39. The van der Waals surface area contributed by atoms with Crippen LogP contribution >= 0.6 is 24.8 Å². The molecule has 1 aliphatic heterocycles. The van der Waals surface area contributed by atoms with E-state index in [1.54, 1.807) is 0 Å². The van der Waals surface area contributed by atoms with Crippen LogP contribution in [0.5, 0.6) is 0 Å². The van der Waals surface area contributed by atoms with Crippen molar-refractivity contribution in [2.75, 3.05) is 32.1 Å². The Bertz CT molecular complexity index is 1270. The normalized spacial score (nSPS) is 14.6. The Morgan fingerprint density at radius 1 is 0.938 bits per heavy atom. The number of hydrogen-bond donors (Lipinski definition) is 1. The molecule has 8 heteroatoms. The molecule has 1 N–H and O–H groups in total. The van der Waals surface area contributed by atoms with Gasteiger partial charge in [0.05, 0.1) is 11.4 Å². The van der Waals surface area contributed by atoms with E-state index in [9.17, 15) is 4.79 Å². The maximum atomic E-state index is 12.6. The van der Waals surface area contributed by atoms with Crippen LogP contribution in [-0.4, -0.2) is 52.9 Å². The van der Waals surface area contributed by atoms with Crippen LogP contribution in [0.1, 0.15) is 18.5 Å². The molecule has 1 saturated heterocycles. The van der Waals surface area contributed by atoms with Crippen LogP contribution in [0.15, 0.2) is 53.3 Å². The fourth-order valence-corrected chi connectivity index (χ4v) is 4.67. The van der Waals surface area contributed by atoms with Crippen molar-refractivity contribution >= 4 is 52.3 Å². The second kappa shape index (κ2) is 9.53. The van der Waals surface area contributed by atoms with Gasteiger partial charge in [-0.1, -0.05) is 18.2 Å². The van der Waals surface area contributed by atoms with Crippen LogP contribution in [0.2, 0.25) is 0 Å². The summed E-state index contributed by atoms with van der Waals surface area (Å²) >= 11 is 0. The minimum absolute atomic E-state index is 0. The number of rotatable bonds is 3. The van der Waals surface area contributed by atoms with Crippen molar-refractivity contribution in [3.8, 4) is 5.69 Å². The number of aryl methyl sites for hydroxylation is 1. The zero-order chi connectivity index (χ0) is 20.8. The number of aromatic nitrogens is 3. The van der Waals surface area contributed by atoms with E-state index < -0.39 is 0 Å². The van der Waals surface area contributed by atoms with Gasteiger partial charge in [-0.05, 0) is 64.2 Å². The van der Waals surface area contributed by atoms with Gasteiger partial charge in [0.2, 0.25) is 0 Å². The quantitative estimate of drug-likeness (QED) is 0.474. The lowest BCUT2D eigenvalue weighted by Gasteiger charge is -2.36. The summed E-state index contributed by atoms with van der Waals surface area (Å²) in [6.07, 6.45) is 2.37. The largest absolute Gasteiger partial charge is 0.371 e. The fraction of sp³-hybridized carbons (Fsp3) is 0.333. The lowest BCUT2D eigenvalue weighted by Crippen LogP contribution is -2.41. The molecule has 0 saturated carbocycles. The predicted molar refractivity (Wildman–Crippen MR) is 137 cm³/mol. The molecule has 0 atom stereocenters. The number of anilines is 1. The highest BCUT2D eigenvalue weighted by Gasteiger charge is 2.21. The minimum Gasteiger partial charge on any atom is -0.371 e. The number of benzene rings is 2. The number of hydrogen-bond acceptors (Lipinski definition) is 4. The molecule has 170 valence electrons. The summed E-state index contributed by atoms with van der Waals surface area (Å²) in [6, 6.07) is 16.9. The van der Waals surface area contributed by atoms with Crippen molar-refractivity contribution in [2.45, 2.75) is 25.8 Å². The molecule has 1 aliphatic rings. The van der Waals surface area contributed by atoms with Crippen LogP contribution in [0, 0.1) is 6.92 Å². The zero-order valence-corrected chi connectivity index (χ0v) is 20.2. The molecule has 0 aliphatic carbocycles. The van der Waals surface area contributed by atoms with Gasteiger partial charge in [0.25, 0.3) is 5.56 Å². The number of fused-ring (bicyclic) bond motifs is 3. The van der Waals surface area contributed by atoms with Crippen molar-refractivity contribution in [1.82, 2.24) is 19.7 Å². The fourth-order valence-electron chi connectivity index (χ4n) is 4.67. The molecule has 4 aromatic rings. The zero-order valence-electron chi connectivity index (χ0n) is 18.5. The van der Waals surface area contributed by atoms with E-state index in [-0.39, 0.29) is 30.4 Å². The van der Waals surface area contributed by atoms with Crippen LogP contribution < -0.4 is 10.5 Å². The van der Waals surface area contributed by atoms with Gasteiger partial charge < -0.3 is 14.8 Å². The van der Waals surface area contributed by atoms with Gasteiger partial charge in [0, 0.05) is 41.0 Å². The lowest BCUT2D eigenvalue weighted by atomic mass is 10.0. The Balaban J connectivity index is 0.00000144. The summed E-state index contributed by atoms with van der Waals surface area (Å²) in [4.78, 5) is 20.4. The van der Waals surface area contributed by atoms with Gasteiger partial charge in [0.15, 0.2) is 0 Å². The average molecular weight is 474 g/mol. The highest BCUT2D eigenvalue weighted by molar-refractivity contribution is 6.05. The molecule has 32 heavy (non-hydrogen) atoms. The standard InChI is InChI=1S/C24H27N5O.2ClH/c1-16-22-20-6-4-5-7-21(20)24(30)25-23(22)29(26-16)19-10-8-18(9-11-19)28-14-12-17(13-15-28)27(2)3;;/h4-11,17H,12-15H2,1-3H3,(H,25,30);2*1H. The molecule has 0 spiro atoms. The number of aromatic amines is 1. The first-order valence-electron chi connectivity index (χ1n) is 10.5. The Morgan fingerprint density at radius 2 is 1.53 bits per heavy atom. The van der Waals surface area contributed by atoms with E-state index in [0.29, 0.717) is 11.4 Å². The van der Waals surface area contributed by atoms with E-state index in [1.165, 1.54) is 18.5 Å². The number of halogens is 2. The highest BCUT2D eigenvalue weighted by Crippen LogP contribution is 2.28. The van der Waals surface area contributed by atoms with Crippen LogP contribution in [0.25, 0.3) is 27.5 Å². The molecule has 0 unspecified atom stereocenters. The number of H-pyrrole nitrogens is 1. The molecule has 1 fully saturated rings. The molecule has 2 aromatic heterocycles. The second-order valence-corrected chi connectivity index (χ2v) is 8.42. The van der Waals surface area contributed by atoms with Crippen molar-refractivity contribution in [3.05, 3.63) is 64.6 Å². The predicted octanol–water partition coefficient (Wildman–Crippen LogP) is 4.55. The monoisotopic (exact) mass is 473 g/mol. The summed E-state index contributed by atoms with van der Waals surface area (Å²) < 4.78 is 1.85. The Kier molecular flexibility index (Phi) is 7.18. The third kappa shape index (κ3) is 4.10. The van der Waals surface area contributed by atoms with E-state index in [2.05, 4.69) is 53.1 Å². The number of nitrogens with zero attached hydrogens (tertiary/aromatic N) is 4. The first-order valence-corrected chi connectivity index (χ1v) is 10.5. The van der Waals surface area contributed by atoms with E-state index in [1.807, 2.05) is 35.9 Å². The van der Waals surface area contributed by atoms with Crippen molar-refractivity contribution in [1.29, 1.82) is 0 Å². The van der Waals surface area contributed by atoms with Gasteiger partial charge in [0.1, 0.15) is 5.65 Å². The Labute approximate surface area is 200 Å². The third-order valence-electron chi connectivity index (χ3n) is 6.39. The smallest absolute Gasteiger partial charge is 0.257 e. The molecule has 0 amide bonds. The molecule has 3 heterocycles. The van der Waals surface area contributed by atoms with Gasteiger partial charge in [-0.25, -0.2) is 4.68 Å². The van der Waals surface area contributed by atoms with Crippen LogP contribution in [0.3, 0.4) is 0 Å². The first kappa shape index (κ1) is 24.1. The van der Waals surface area contributed by atoms with E-state index in [4.69, 9.17) is 5.10 Å². The molecular formula is C24H29Cl2N5O. The highest BCUT2D eigenvalue weighted by atomic mass is 35.5. The molecule has 5 rings (SSSR count).